The molecule has 6 heteroatoms. The third kappa shape index (κ3) is 4.81. The van der Waals surface area contributed by atoms with Gasteiger partial charge in [-0.1, -0.05) is 0 Å². The van der Waals surface area contributed by atoms with E-state index in [1.165, 1.54) is 13.0 Å². The van der Waals surface area contributed by atoms with E-state index in [-0.39, 0.29) is 30.1 Å². The van der Waals surface area contributed by atoms with E-state index in [4.69, 9.17) is 9.47 Å². The monoisotopic (exact) mass is 333 g/mol. The van der Waals surface area contributed by atoms with Crippen LogP contribution in [0.3, 0.4) is 0 Å². The number of Topliss-reactive ketones (excluding diaryl/α,β-unsaturated/α-hetero) is 1. The van der Waals surface area contributed by atoms with Gasteiger partial charge in [0.25, 0.3) is 0 Å². The fourth-order valence-electron chi connectivity index (χ4n) is 2.81. The van der Waals surface area contributed by atoms with E-state index in [0.717, 1.165) is 5.57 Å². The van der Waals surface area contributed by atoms with Gasteiger partial charge < -0.3 is 14.4 Å². The minimum absolute atomic E-state index is 0.0259. The van der Waals surface area contributed by atoms with Crippen molar-refractivity contribution in [1.82, 2.24) is 4.90 Å². The predicted octanol–water partition coefficient (Wildman–Crippen LogP) is 1.92. The fraction of sp³-hybridized carbons (Fsp3) is 0.500. The Bertz CT molecular complexity index is 603. The van der Waals surface area contributed by atoms with Crippen molar-refractivity contribution in [3.63, 3.8) is 0 Å². The van der Waals surface area contributed by atoms with Crippen LogP contribution >= 0.6 is 0 Å². The van der Waals surface area contributed by atoms with Gasteiger partial charge >= 0.3 is 5.97 Å². The number of ketones is 2. The summed E-state index contributed by atoms with van der Waals surface area (Å²) >= 11 is 0. The zero-order valence-corrected chi connectivity index (χ0v) is 14.1. The number of nitrogens with zero attached hydrogens (tertiary/aromatic N) is 1. The van der Waals surface area contributed by atoms with Crippen LogP contribution in [-0.4, -0.2) is 48.2 Å². The molecule has 0 fully saturated rings. The maximum absolute atomic E-state index is 11.8. The summed E-state index contributed by atoms with van der Waals surface area (Å²) in [6, 6.07) is 0. The van der Waals surface area contributed by atoms with Gasteiger partial charge in [-0.2, -0.15) is 0 Å². The van der Waals surface area contributed by atoms with Crippen molar-refractivity contribution in [3.05, 3.63) is 35.8 Å². The lowest BCUT2D eigenvalue weighted by Gasteiger charge is -2.32. The molecule has 130 valence electrons. The Morgan fingerprint density at radius 2 is 2.17 bits per heavy atom. The van der Waals surface area contributed by atoms with Gasteiger partial charge in [0, 0.05) is 31.2 Å². The average Bonchev–Trinajstić information content (AvgIpc) is 2.55. The van der Waals surface area contributed by atoms with Gasteiger partial charge in [-0.25, -0.2) is 0 Å². The summed E-state index contributed by atoms with van der Waals surface area (Å²) in [7, 11) is 0. The summed E-state index contributed by atoms with van der Waals surface area (Å²) in [5.74, 6) is -0.293. The number of hydrogen-bond acceptors (Lipinski definition) is 6. The van der Waals surface area contributed by atoms with Crippen LogP contribution in [0.2, 0.25) is 0 Å². The van der Waals surface area contributed by atoms with Crippen molar-refractivity contribution in [2.45, 2.75) is 39.2 Å². The third-order valence-electron chi connectivity index (χ3n) is 3.96. The van der Waals surface area contributed by atoms with Gasteiger partial charge in [-0.05, 0) is 38.0 Å². The second-order valence-corrected chi connectivity index (χ2v) is 5.78. The summed E-state index contributed by atoms with van der Waals surface area (Å²) in [4.78, 5) is 36.9. The van der Waals surface area contributed by atoms with Gasteiger partial charge in [-0.3, -0.25) is 14.4 Å². The van der Waals surface area contributed by atoms with Gasteiger partial charge in [0.15, 0.2) is 11.6 Å². The van der Waals surface area contributed by atoms with Gasteiger partial charge in [0.1, 0.15) is 6.10 Å². The van der Waals surface area contributed by atoms with Gasteiger partial charge in [0.05, 0.1) is 19.4 Å². The zero-order chi connectivity index (χ0) is 17.5. The Balaban J connectivity index is 1.97. The molecule has 0 aromatic rings. The lowest BCUT2D eigenvalue weighted by Crippen LogP contribution is -2.36. The maximum atomic E-state index is 11.8. The summed E-state index contributed by atoms with van der Waals surface area (Å²) in [6.07, 6.45) is 7.33. The molecule has 1 heterocycles. The van der Waals surface area contributed by atoms with E-state index in [9.17, 15) is 14.4 Å². The van der Waals surface area contributed by atoms with Crippen LogP contribution in [0, 0.1) is 0 Å². The molecule has 1 aliphatic heterocycles. The Morgan fingerprint density at radius 1 is 1.38 bits per heavy atom. The Kier molecular flexibility index (Phi) is 6.35. The van der Waals surface area contributed by atoms with Crippen LogP contribution < -0.4 is 0 Å². The molecule has 2 aliphatic rings. The number of hydrogen-bond donors (Lipinski definition) is 0. The van der Waals surface area contributed by atoms with Crippen LogP contribution in [0.15, 0.2) is 35.8 Å². The summed E-state index contributed by atoms with van der Waals surface area (Å²) < 4.78 is 10.5. The number of ether oxygens (including phenoxy) is 2. The van der Waals surface area contributed by atoms with Crippen molar-refractivity contribution in [2.24, 2.45) is 0 Å². The average molecular weight is 333 g/mol. The quantitative estimate of drug-likeness (QED) is 0.663. The minimum Gasteiger partial charge on any atom is -0.490 e. The molecule has 1 aliphatic carbocycles. The first kappa shape index (κ1) is 18.0. The van der Waals surface area contributed by atoms with Crippen molar-refractivity contribution in [1.29, 1.82) is 0 Å². The van der Waals surface area contributed by atoms with Crippen molar-refractivity contribution in [3.8, 4) is 0 Å². The first-order valence-electron chi connectivity index (χ1n) is 8.18. The molecule has 0 bridgehead atoms. The van der Waals surface area contributed by atoms with Crippen molar-refractivity contribution < 1.29 is 23.9 Å². The zero-order valence-electron chi connectivity index (χ0n) is 14.1. The van der Waals surface area contributed by atoms with E-state index in [1.54, 1.807) is 19.3 Å². The Labute approximate surface area is 141 Å². The summed E-state index contributed by atoms with van der Waals surface area (Å²) in [6.45, 7) is 4.90. The van der Waals surface area contributed by atoms with E-state index in [0.29, 0.717) is 38.1 Å². The number of esters is 1. The molecule has 0 N–H and O–H groups in total. The molecule has 6 nitrogen and oxygen atoms in total. The van der Waals surface area contributed by atoms with Crippen LogP contribution in [0.5, 0.6) is 0 Å². The van der Waals surface area contributed by atoms with Crippen LogP contribution in [-0.2, 0) is 23.9 Å². The first-order valence-corrected chi connectivity index (χ1v) is 8.18. The second-order valence-electron chi connectivity index (χ2n) is 5.78. The molecule has 2 rings (SSSR count). The molecule has 1 unspecified atom stereocenters. The lowest BCUT2D eigenvalue weighted by molar-refractivity contribution is -0.143. The summed E-state index contributed by atoms with van der Waals surface area (Å²) in [5.41, 5.74) is 1.29. The number of carbonyl (C=O) groups is 3. The number of allylic oxidation sites excluding steroid dienone is 3. The molecule has 0 radical (unpaired) electrons. The van der Waals surface area contributed by atoms with Crippen LogP contribution in [0.25, 0.3) is 0 Å². The maximum Gasteiger partial charge on any atom is 0.305 e. The molecular formula is C18H23NO5. The molecule has 0 amide bonds. The smallest absolute Gasteiger partial charge is 0.305 e. The molecule has 0 aromatic heterocycles. The second kappa shape index (κ2) is 8.47. The predicted molar refractivity (Wildman–Crippen MR) is 87.9 cm³/mol. The van der Waals surface area contributed by atoms with E-state index < -0.39 is 0 Å². The highest BCUT2D eigenvalue weighted by Gasteiger charge is 2.27. The number of rotatable bonds is 7. The first-order chi connectivity index (χ1) is 11.5. The van der Waals surface area contributed by atoms with Gasteiger partial charge in [0.2, 0.25) is 0 Å². The molecule has 0 spiro atoms. The van der Waals surface area contributed by atoms with Crippen LogP contribution in [0.4, 0.5) is 0 Å². The Morgan fingerprint density at radius 3 is 2.88 bits per heavy atom. The van der Waals surface area contributed by atoms with E-state index in [2.05, 4.69) is 0 Å². The molecular weight excluding hydrogens is 310 g/mol. The fourth-order valence-corrected chi connectivity index (χ4v) is 2.81. The highest BCUT2D eigenvalue weighted by atomic mass is 16.5. The van der Waals surface area contributed by atoms with E-state index in [1.807, 2.05) is 11.1 Å². The third-order valence-corrected chi connectivity index (χ3v) is 3.96. The molecule has 1 atom stereocenters. The van der Waals surface area contributed by atoms with Gasteiger partial charge in [-0.15, -0.1) is 0 Å². The van der Waals surface area contributed by atoms with Crippen molar-refractivity contribution >= 4 is 17.5 Å². The molecule has 0 saturated carbocycles. The SMILES string of the molecule is CCOC(=O)CCCN1C=COC(C2=C(C(C)=O)C=CC(=O)C2)C1. The van der Waals surface area contributed by atoms with Crippen molar-refractivity contribution in [2.75, 3.05) is 19.7 Å². The highest BCUT2D eigenvalue weighted by Crippen LogP contribution is 2.25. The minimum atomic E-state index is -0.328. The van der Waals surface area contributed by atoms with Crippen LogP contribution in [0.1, 0.15) is 33.1 Å². The van der Waals surface area contributed by atoms with E-state index >= 15 is 0 Å². The number of carbonyl (C=O) groups excluding carboxylic acids is 3. The summed E-state index contributed by atoms with van der Waals surface area (Å²) in [5, 5.41) is 0. The topological polar surface area (TPSA) is 72.9 Å². The molecule has 0 saturated heterocycles. The normalized spacial score (nSPS) is 20.2. The lowest BCUT2D eigenvalue weighted by atomic mass is 9.90. The highest BCUT2D eigenvalue weighted by molar-refractivity contribution is 6.03. The standard InChI is InChI=1S/C18H23NO5/c1-3-23-18(22)5-4-8-19-9-10-24-17(12-19)16-11-14(21)6-7-15(16)13(2)20/h6-7,9-10,17H,3-5,8,11-12H2,1-2H3. The molecule has 24 heavy (non-hydrogen) atoms. The Hall–Kier alpha value is -2.37. The molecule has 0 aromatic carbocycles. The largest absolute Gasteiger partial charge is 0.490 e.